The fourth-order valence-corrected chi connectivity index (χ4v) is 3.62. The zero-order valence-corrected chi connectivity index (χ0v) is 16.4. The van der Waals surface area contributed by atoms with Crippen LogP contribution >= 0.6 is 0 Å². The van der Waals surface area contributed by atoms with E-state index >= 15 is 0 Å². The van der Waals surface area contributed by atoms with Gasteiger partial charge in [-0.3, -0.25) is 0 Å². The van der Waals surface area contributed by atoms with Crippen molar-refractivity contribution < 1.29 is 9.50 Å². The molecule has 0 bridgehead atoms. The smallest absolute Gasteiger partial charge is 0.223 e. The molecule has 2 aliphatic carbocycles. The normalized spacial score (nSPS) is 21.7. The van der Waals surface area contributed by atoms with Gasteiger partial charge in [-0.15, -0.1) is 0 Å². The van der Waals surface area contributed by atoms with Crippen molar-refractivity contribution in [1.82, 2.24) is 9.97 Å². The first-order chi connectivity index (χ1) is 14.6. The highest BCUT2D eigenvalue weighted by atomic mass is 19.1. The van der Waals surface area contributed by atoms with Crippen LogP contribution in [0.4, 0.5) is 10.3 Å². The summed E-state index contributed by atoms with van der Waals surface area (Å²) in [4.78, 5) is 8.90. The van der Waals surface area contributed by atoms with E-state index in [4.69, 9.17) is 10.5 Å². The molecule has 1 heterocycles. The topological polar surface area (TPSA) is 84.6 Å². The van der Waals surface area contributed by atoms with Gasteiger partial charge in [-0.25, -0.2) is 14.4 Å². The molecular formula is C24H24FN4O+. The molecule has 3 unspecified atom stereocenters. The second kappa shape index (κ2) is 8.97. The van der Waals surface area contributed by atoms with Crippen molar-refractivity contribution in [3.63, 3.8) is 0 Å². The zero-order valence-electron chi connectivity index (χ0n) is 16.4. The fraction of sp³-hybridized carbons (Fsp3) is 0.208. The molecule has 2 aromatic rings. The summed E-state index contributed by atoms with van der Waals surface area (Å²) in [5.41, 5.74) is 3.13. The Morgan fingerprint density at radius 2 is 2.00 bits per heavy atom. The van der Waals surface area contributed by atoms with Gasteiger partial charge in [0.15, 0.2) is 6.10 Å². The summed E-state index contributed by atoms with van der Waals surface area (Å²) in [6.07, 6.45) is 11.8. The summed E-state index contributed by atoms with van der Waals surface area (Å²) in [5.74, 6) is -0.219. The van der Waals surface area contributed by atoms with Gasteiger partial charge in [0.25, 0.3) is 0 Å². The van der Waals surface area contributed by atoms with Crippen molar-refractivity contribution in [2.24, 2.45) is 11.8 Å². The predicted molar refractivity (Wildman–Crippen MR) is 118 cm³/mol. The maximum atomic E-state index is 13.3. The van der Waals surface area contributed by atoms with Crippen LogP contribution in [-0.4, -0.2) is 26.9 Å². The molecule has 2 aliphatic rings. The highest BCUT2D eigenvalue weighted by Gasteiger charge is 2.33. The van der Waals surface area contributed by atoms with E-state index in [2.05, 4.69) is 15.3 Å². The molecule has 0 fully saturated rings. The molecule has 1 aromatic carbocycles. The quantitative estimate of drug-likeness (QED) is 0.709. The minimum Gasteiger partial charge on any atom is -0.442 e. The number of hydrogen-bond donors (Lipinski definition) is 2. The molecule has 5 nitrogen and oxygen atoms in total. The number of benzene rings is 1. The van der Waals surface area contributed by atoms with Gasteiger partial charge >= 0.3 is 0 Å². The first-order valence-electron chi connectivity index (χ1n) is 9.95. The minimum atomic E-state index is -0.560. The van der Waals surface area contributed by atoms with Gasteiger partial charge in [-0.05, 0) is 41.9 Å². The molecule has 6 heteroatoms. The van der Waals surface area contributed by atoms with Gasteiger partial charge < -0.3 is 15.8 Å². The van der Waals surface area contributed by atoms with Crippen LogP contribution in [0.3, 0.4) is 0 Å². The maximum Gasteiger partial charge on any atom is 0.223 e. The lowest BCUT2D eigenvalue weighted by atomic mass is 9.80. The average Bonchev–Trinajstić information content (AvgIpc) is 2.79. The summed E-state index contributed by atoms with van der Waals surface area (Å²) in [5, 5.41) is 20.2. The Kier molecular flexibility index (Phi) is 5.95. The van der Waals surface area contributed by atoms with E-state index in [9.17, 15) is 4.39 Å². The van der Waals surface area contributed by atoms with Crippen molar-refractivity contribution in [2.45, 2.75) is 19.1 Å². The van der Waals surface area contributed by atoms with Crippen molar-refractivity contribution in [3.05, 3.63) is 96.1 Å². The van der Waals surface area contributed by atoms with E-state index in [1.807, 2.05) is 48.6 Å². The number of nitrogens with zero attached hydrogens (tertiary/aromatic N) is 2. The van der Waals surface area contributed by atoms with Crippen LogP contribution < -0.4 is 5.32 Å². The highest BCUT2D eigenvalue weighted by molar-refractivity contribution is 6.01. The van der Waals surface area contributed by atoms with Crippen LogP contribution in [0.15, 0.2) is 84.9 Å². The van der Waals surface area contributed by atoms with E-state index in [0.29, 0.717) is 24.6 Å². The lowest BCUT2D eigenvalue weighted by Gasteiger charge is -2.25. The molecule has 1 aromatic heterocycles. The molecule has 152 valence electrons. The number of nitrogens with one attached hydrogen (secondary N) is 2. The first-order valence-corrected chi connectivity index (χ1v) is 9.95. The van der Waals surface area contributed by atoms with Gasteiger partial charge in [0.05, 0.1) is 17.5 Å². The SMILES string of the molecule is N=C1C=CC(c2ccnc(NCc3ccccc3)n2)=CC1C([OH2+])C1C=CC(F)=CC1. The Balaban J connectivity index is 1.50. The predicted octanol–water partition coefficient (Wildman–Crippen LogP) is 4.20. The second-order valence-corrected chi connectivity index (χ2v) is 7.41. The largest absolute Gasteiger partial charge is 0.442 e. The van der Waals surface area contributed by atoms with Crippen LogP contribution in [0, 0.1) is 17.2 Å². The molecule has 0 saturated heterocycles. The third-order valence-electron chi connectivity index (χ3n) is 5.34. The maximum absolute atomic E-state index is 13.3. The van der Waals surface area contributed by atoms with E-state index in [0.717, 1.165) is 16.8 Å². The van der Waals surface area contributed by atoms with Crippen LogP contribution in [0.2, 0.25) is 0 Å². The molecule has 0 radical (unpaired) electrons. The van der Waals surface area contributed by atoms with Crippen molar-refractivity contribution in [1.29, 1.82) is 5.41 Å². The molecule has 30 heavy (non-hydrogen) atoms. The molecule has 0 spiro atoms. The summed E-state index contributed by atoms with van der Waals surface area (Å²) in [6, 6.07) is 11.9. The summed E-state index contributed by atoms with van der Waals surface area (Å²) < 4.78 is 13.3. The molecule has 0 saturated carbocycles. The van der Waals surface area contributed by atoms with E-state index in [1.165, 1.54) is 12.2 Å². The Labute approximate surface area is 174 Å². The fourth-order valence-electron chi connectivity index (χ4n) is 3.62. The van der Waals surface area contributed by atoms with Gasteiger partial charge in [0.1, 0.15) is 5.83 Å². The van der Waals surface area contributed by atoms with Gasteiger partial charge in [0.2, 0.25) is 5.95 Å². The monoisotopic (exact) mass is 403 g/mol. The Morgan fingerprint density at radius 1 is 1.17 bits per heavy atom. The zero-order chi connectivity index (χ0) is 20.9. The second-order valence-electron chi connectivity index (χ2n) is 7.41. The van der Waals surface area contributed by atoms with Gasteiger partial charge in [-0.2, -0.15) is 0 Å². The van der Waals surface area contributed by atoms with Crippen molar-refractivity contribution in [3.8, 4) is 0 Å². The Morgan fingerprint density at radius 3 is 2.77 bits per heavy atom. The Bertz CT molecular complexity index is 1040. The van der Waals surface area contributed by atoms with Crippen LogP contribution in [0.25, 0.3) is 5.57 Å². The standard InChI is InChI=1S/C24H23FN4O/c25-19-9-6-17(7-10-19)23(30)20-14-18(8-11-21(20)26)22-12-13-27-24(29-22)28-15-16-4-2-1-3-5-16/h1-6,8-14,17,20,23,26,30H,7,15H2,(H,27,28,29)/p+1. The third-order valence-corrected chi connectivity index (χ3v) is 5.34. The van der Waals surface area contributed by atoms with Crippen LogP contribution in [-0.2, 0) is 6.54 Å². The van der Waals surface area contributed by atoms with Crippen LogP contribution in [0.5, 0.6) is 0 Å². The summed E-state index contributed by atoms with van der Waals surface area (Å²) in [6.45, 7) is 0.624. The molecule has 0 aliphatic heterocycles. The minimum absolute atomic E-state index is 0.118. The number of allylic oxidation sites excluding steroid dienone is 6. The third kappa shape index (κ3) is 4.60. The van der Waals surface area contributed by atoms with E-state index in [-0.39, 0.29) is 17.7 Å². The molecule has 3 atom stereocenters. The van der Waals surface area contributed by atoms with Gasteiger partial charge in [0, 0.05) is 18.5 Å². The molecule has 4 rings (SSSR count). The lowest BCUT2D eigenvalue weighted by Crippen LogP contribution is -2.33. The molecular weight excluding hydrogens is 379 g/mol. The molecule has 4 N–H and O–H groups in total. The number of aromatic nitrogens is 2. The average molecular weight is 403 g/mol. The number of halogens is 1. The summed E-state index contributed by atoms with van der Waals surface area (Å²) in [7, 11) is 0. The Hall–Kier alpha value is -3.38. The van der Waals surface area contributed by atoms with Crippen molar-refractivity contribution >= 4 is 17.2 Å². The van der Waals surface area contributed by atoms with E-state index in [1.54, 1.807) is 18.3 Å². The molecule has 0 amide bonds. The van der Waals surface area contributed by atoms with Gasteiger partial charge in [-0.1, -0.05) is 48.6 Å². The number of anilines is 1. The summed E-state index contributed by atoms with van der Waals surface area (Å²) >= 11 is 0. The number of hydrogen-bond acceptors (Lipinski definition) is 4. The van der Waals surface area contributed by atoms with Crippen molar-refractivity contribution in [2.75, 3.05) is 5.32 Å². The lowest BCUT2D eigenvalue weighted by molar-refractivity contribution is 0.112. The highest BCUT2D eigenvalue weighted by Crippen LogP contribution is 2.30. The first kappa shape index (κ1) is 19.9. The number of rotatable bonds is 6. The van der Waals surface area contributed by atoms with Crippen LogP contribution in [0.1, 0.15) is 17.7 Å². The van der Waals surface area contributed by atoms with E-state index < -0.39 is 6.10 Å².